The highest BCUT2D eigenvalue weighted by Gasteiger charge is 2.27. The van der Waals surface area contributed by atoms with E-state index in [9.17, 15) is 0 Å². The van der Waals surface area contributed by atoms with Crippen molar-refractivity contribution in [3.05, 3.63) is 29.3 Å². The van der Waals surface area contributed by atoms with Crippen LogP contribution in [-0.2, 0) is 4.74 Å². The number of methoxy groups -OCH3 is 1. The average Bonchev–Trinajstić information content (AvgIpc) is 2.47. The van der Waals surface area contributed by atoms with Gasteiger partial charge in [-0.05, 0) is 26.3 Å². The number of morpholine rings is 1. The molecule has 4 nitrogen and oxygen atoms in total. The van der Waals surface area contributed by atoms with E-state index in [1.54, 1.807) is 7.11 Å². The van der Waals surface area contributed by atoms with E-state index in [1.165, 1.54) is 5.56 Å². The number of rotatable bonds is 5. The molecule has 4 heteroatoms. The molecule has 1 fully saturated rings. The molecule has 0 aliphatic carbocycles. The molecule has 1 saturated heterocycles. The van der Waals surface area contributed by atoms with Crippen molar-refractivity contribution in [2.75, 3.05) is 26.8 Å². The molecule has 2 N–H and O–H groups in total. The van der Waals surface area contributed by atoms with E-state index < -0.39 is 0 Å². The van der Waals surface area contributed by atoms with Crippen LogP contribution in [0.3, 0.4) is 0 Å². The Kier molecular flexibility index (Phi) is 5.62. The predicted molar refractivity (Wildman–Crippen MR) is 85.7 cm³/mol. The van der Waals surface area contributed by atoms with Gasteiger partial charge in [-0.25, -0.2) is 0 Å². The third-order valence-electron chi connectivity index (χ3n) is 4.27. The molecule has 1 aliphatic rings. The summed E-state index contributed by atoms with van der Waals surface area (Å²) in [6.07, 6.45) is 1.36. The van der Waals surface area contributed by atoms with Gasteiger partial charge in [0.2, 0.25) is 0 Å². The Morgan fingerprint density at radius 1 is 1.48 bits per heavy atom. The van der Waals surface area contributed by atoms with E-state index in [2.05, 4.69) is 37.8 Å². The zero-order valence-corrected chi connectivity index (χ0v) is 13.6. The summed E-state index contributed by atoms with van der Waals surface area (Å²) in [6.45, 7) is 9.00. The Balaban J connectivity index is 2.12. The van der Waals surface area contributed by atoms with Gasteiger partial charge in [0, 0.05) is 30.7 Å². The summed E-state index contributed by atoms with van der Waals surface area (Å²) in [5.74, 6) is 0.877. The number of ether oxygens (including phenoxy) is 2. The van der Waals surface area contributed by atoms with Crippen molar-refractivity contribution in [3.8, 4) is 5.75 Å². The molecule has 0 amide bonds. The topological polar surface area (TPSA) is 47.7 Å². The molecule has 1 aromatic carbocycles. The molecule has 0 aromatic heterocycles. The maximum absolute atomic E-state index is 6.47. The lowest BCUT2D eigenvalue weighted by Crippen LogP contribution is -2.50. The summed E-state index contributed by atoms with van der Waals surface area (Å²) in [7, 11) is 1.70. The fourth-order valence-corrected chi connectivity index (χ4v) is 3.01. The van der Waals surface area contributed by atoms with Crippen LogP contribution < -0.4 is 10.5 Å². The van der Waals surface area contributed by atoms with E-state index >= 15 is 0 Å². The number of benzene rings is 1. The van der Waals surface area contributed by atoms with E-state index in [0.29, 0.717) is 6.04 Å². The van der Waals surface area contributed by atoms with Crippen molar-refractivity contribution in [1.82, 2.24) is 4.90 Å². The SMILES string of the molecule is CCC1COC(C)CN1CC(N)c1cc(C)ccc1OC. The molecule has 2 rings (SSSR count). The van der Waals surface area contributed by atoms with Crippen LogP contribution in [0.5, 0.6) is 5.75 Å². The maximum Gasteiger partial charge on any atom is 0.123 e. The molecule has 3 atom stereocenters. The summed E-state index contributed by atoms with van der Waals surface area (Å²) in [5, 5.41) is 0. The molecule has 1 heterocycles. The van der Waals surface area contributed by atoms with E-state index in [4.69, 9.17) is 15.2 Å². The monoisotopic (exact) mass is 292 g/mol. The van der Waals surface area contributed by atoms with Gasteiger partial charge >= 0.3 is 0 Å². The molecule has 1 aromatic rings. The minimum atomic E-state index is -0.0424. The van der Waals surface area contributed by atoms with Gasteiger partial charge in [-0.3, -0.25) is 4.90 Å². The third-order valence-corrected chi connectivity index (χ3v) is 4.27. The molecule has 0 radical (unpaired) electrons. The first-order valence-electron chi connectivity index (χ1n) is 7.80. The molecule has 3 unspecified atom stereocenters. The van der Waals surface area contributed by atoms with Gasteiger partial charge in [0.1, 0.15) is 5.75 Å². The first kappa shape index (κ1) is 16.3. The minimum absolute atomic E-state index is 0.0424. The fourth-order valence-electron chi connectivity index (χ4n) is 3.01. The van der Waals surface area contributed by atoms with Crippen molar-refractivity contribution in [1.29, 1.82) is 0 Å². The lowest BCUT2D eigenvalue weighted by Gasteiger charge is -2.39. The van der Waals surface area contributed by atoms with Gasteiger partial charge < -0.3 is 15.2 Å². The summed E-state index contributed by atoms with van der Waals surface area (Å²) in [6, 6.07) is 6.61. The Labute approximate surface area is 128 Å². The van der Waals surface area contributed by atoms with Crippen LogP contribution in [-0.4, -0.2) is 43.9 Å². The number of hydrogen-bond donors (Lipinski definition) is 1. The van der Waals surface area contributed by atoms with Crippen LogP contribution in [0.25, 0.3) is 0 Å². The maximum atomic E-state index is 6.47. The smallest absolute Gasteiger partial charge is 0.123 e. The number of nitrogens with two attached hydrogens (primary N) is 1. The van der Waals surface area contributed by atoms with Gasteiger partial charge in [0.15, 0.2) is 0 Å². The number of nitrogens with zero attached hydrogens (tertiary/aromatic N) is 1. The van der Waals surface area contributed by atoms with E-state index in [0.717, 1.165) is 37.4 Å². The second-order valence-corrected chi connectivity index (χ2v) is 6.01. The number of aryl methyl sites for hydroxylation is 1. The molecular weight excluding hydrogens is 264 g/mol. The quantitative estimate of drug-likeness (QED) is 0.906. The fraction of sp³-hybridized carbons (Fsp3) is 0.647. The van der Waals surface area contributed by atoms with Crippen molar-refractivity contribution >= 4 is 0 Å². The van der Waals surface area contributed by atoms with Gasteiger partial charge in [-0.2, -0.15) is 0 Å². The summed E-state index contributed by atoms with van der Waals surface area (Å²) in [5.41, 5.74) is 8.77. The van der Waals surface area contributed by atoms with Gasteiger partial charge in [-0.15, -0.1) is 0 Å². The Morgan fingerprint density at radius 3 is 2.90 bits per heavy atom. The lowest BCUT2D eigenvalue weighted by molar-refractivity contribution is -0.0575. The highest BCUT2D eigenvalue weighted by Crippen LogP contribution is 2.27. The van der Waals surface area contributed by atoms with E-state index in [-0.39, 0.29) is 12.1 Å². The average molecular weight is 292 g/mol. The van der Waals surface area contributed by atoms with Crippen molar-refractivity contribution in [2.45, 2.75) is 45.4 Å². The van der Waals surface area contributed by atoms with Gasteiger partial charge in [0.05, 0.1) is 19.8 Å². The molecule has 0 bridgehead atoms. The second-order valence-electron chi connectivity index (χ2n) is 6.01. The van der Waals surface area contributed by atoms with Crippen molar-refractivity contribution in [2.24, 2.45) is 5.73 Å². The normalized spacial score (nSPS) is 24.8. The van der Waals surface area contributed by atoms with Crippen LogP contribution in [0, 0.1) is 6.92 Å². The van der Waals surface area contributed by atoms with Crippen LogP contribution in [0.15, 0.2) is 18.2 Å². The van der Waals surface area contributed by atoms with Gasteiger partial charge in [0.25, 0.3) is 0 Å². The van der Waals surface area contributed by atoms with Crippen LogP contribution >= 0.6 is 0 Å². The second kappa shape index (κ2) is 7.25. The molecule has 21 heavy (non-hydrogen) atoms. The van der Waals surface area contributed by atoms with Crippen LogP contribution in [0.4, 0.5) is 0 Å². The summed E-state index contributed by atoms with van der Waals surface area (Å²) >= 11 is 0. The van der Waals surface area contributed by atoms with Crippen molar-refractivity contribution < 1.29 is 9.47 Å². The highest BCUT2D eigenvalue weighted by atomic mass is 16.5. The standard InChI is InChI=1S/C17H28N2O2/c1-5-14-11-21-13(3)9-19(14)10-16(18)15-8-12(2)6-7-17(15)20-4/h6-8,13-14,16H,5,9-11,18H2,1-4H3. The van der Waals surface area contributed by atoms with Crippen LogP contribution in [0.2, 0.25) is 0 Å². The Hall–Kier alpha value is -1.10. The Bertz CT molecular complexity index is 464. The minimum Gasteiger partial charge on any atom is -0.496 e. The predicted octanol–water partition coefficient (Wildman–Crippen LogP) is 2.50. The molecule has 0 spiro atoms. The van der Waals surface area contributed by atoms with Gasteiger partial charge in [-0.1, -0.05) is 24.6 Å². The highest BCUT2D eigenvalue weighted by molar-refractivity contribution is 5.39. The zero-order chi connectivity index (χ0) is 15.4. The first-order valence-corrected chi connectivity index (χ1v) is 7.80. The largest absolute Gasteiger partial charge is 0.496 e. The molecule has 1 aliphatic heterocycles. The molecular formula is C17H28N2O2. The third kappa shape index (κ3) is 3.96. The lowest BCUT2D eigenvalue weighted by atomic mass is 10.0. The van der Waals surface area contributed by atoms with Crippen molar-refractivity contribution in [3.63, 3.8) is 0 Å². The summed E-state index contributed by atoms with van der Waals surface area (Å²) < 4.78 is 11.2. The summed E-state index contributed by atoms with van der Waals surface area (Å²) in [4.78, 5) is 2.46. The molecule has 0 saturated carbocycles. The van der Waals surface area contributed by atoms with Crippen LogP contribution in [0.1, 0.15) is 37.4 Å². The number of hydrogen-bond acceptors (Lipinski definition) is 4. The van der Waals surface area contributed by atoms with E-state index in [1.807, 2.05) is 6.07 Å². The first-order chi connectivity index (χ1) is 10.0. The molecule has 118 valence electrons. The zero-order valence-electron chi connectivity index (χ0n) is 13.6. The Morgan fingerprint density at radius 2 is 2.24 bits per heavy atom.